The summed E-state index contributed by atoms with van der Waals surface area (Å²) in [6, 6.07) is 1.82. The lowest BCUT2D eigenvalue weighted by Crippen LogP contribution is -2.22. The average Bonchev–Trinajstić information content (AvgIpc) is 2.67. The van der Waals surface area contributed by atoms with E-state index in [1.807, 2.05) is 13.0 Å². The highest BCUT2D eigenvalue weighted by atomic mass is 16.5. The second-order valence-corrected chi connectivity index (χ2v) is 3.25. The number of nitrogens with zero attached hydrogens (tertiary/aromatic N) is 3. The molecule has 0 atom stereocenters. The fraction of sp³-hybridized carbons (Fsp3) is 0.333. The van der Waals surface area contributed by atoms with Gasteiger partial charge in [0.2, 0.25) is 0 Å². The molecule has 0 N–H and O–H groups in total. The van der Waals surface area contributed by atoms with Gasteiger partial charge in [-0.15, -0.1) is 0 Å². The summed E-state index contributed by atoms with van der Waals surface area (Å²) in [7, 11) is 1.72. The molecule has 5 heteroatoms. The van der Waals surface area contributed by atoms with Gasteiger partial charge >= 0.3 is 5.69 Å². The molecular formula is C9H11N3O2. The number of aromatic nitrogens is 3. The summed E-state index contributed by atoms with van der Waals surface area (Å²) in [6.45, 7) is 2.28. The molecule has 2 aromatic rings. The first-order valence-electron chi connectivity index (χ1n) is 4.31. The molecule has 2 rings (SSSR count). The van der Waals surface area contributed by atoms with Crippen LogP contribution in [0.3, 0.4) is 0 Å². The van der Waals surface area contributed by atoms with Gasteiger partial charge in [0, 0.05) is 25.5 Å². The zero-order chi connectivity index (χ0) is 10.1. The largest absolute Gasteiger partial charge is 0.361 e. The highest BCUT2D eigenvalue weighted by molar-refractivity contribution is 5.04. The van der Waals surface area contributed by atoms with Crippen LogP contribution in [0, 0.1) is 6.92 Å². The van der Waals surface area contributed by atoms with Gasteiger partial charge in [0.1, 0.15) is 11.5 Å². The summed E-state index contributed by atoms with van der Waals surface area (Å²) in [4.78, 5) is 11.4. The Labute approximate surface area is 80.6 Å². The maximum absolute atomic E-state index is 11.4. The van der Waals surface area contributed by atoms with Crippen molar-refractivity contribution in [1.82, 2.24) is 14.3 Å². The van der Waals surface area contributed by atoms with E-state index in [2.05, 4.69) is 5.16 Å². The van der Waals surface area contributed by atoms with Crippen molar-refractivity contribution < 1.29 is 4.52 Å². The summed E-state index contributed by atoms with van der Waals surface area (Å²) < 4.78 is 8.01. The molecule has 5 nitrogen and oxygen atoms in total. The van der Waals surface area contributed by atoms with Gasteiger partial charge in [-0.2, -0.15) is 0 Å². The maximum Gasteiger partial charge on any atom is 0.328 e. The summed E-state index contributed by atoms with van der Waals surface area (Å²) >= 11 is 0. The summed E-state index contributed by atoms with van der Waals surface area (Å²) in [5.74, 6) is 0.754. The van der Waals surface area contributed by atoms with Crippen molar-refractivity contribution in [2.75, 3.05) is 0 Å². The Bertz CT molecular complexity index is 492. The van der Waals surface area contributed by atoms with Gasteiger partial charge in [-0.1, -0.05) is 5.16 Å². The van der Waals surface area contributed by atoms with Crippen molar-refractivity contribution in [2.24, 2.45) is 7.05 Å². The first-order valence-corrected chi connectivity index (χ1v) is 4.31. The molecule has 0 aromatic carbocycles. The molecule has 0 aliphatic rings. The normalized spacial score (nSPS) is 10.7. The molecule has 0 spiro atoms. The molecule has 0 unspecified atom stereocenters. The quantitative estimate of drug-likeness (QED) is 0.699. The number of imidazole rings is 1. The van der Waals surface area contributed by atoms with Gasteiger partial charge in [0.05, 0.1) is 6.54 Å². The Morgan fingerprint density at radius 1 is 1.50 bits per heavy atom. The molecule has 74 valence electrons. The molecule has 0 radical (unpaired) electrons. The SMILES string of the molecule is Cc1cc(Cn2ccn(C)c2=O)no1. The van der Waals surface area contributed by atoms with Gasteiger partial charge in [0.25, 0.3) is 0 Å². The van der Waals surface area contributed by atoms with Crippen molar-refractivity contribution >= 4 is 0 Å². The molecular weight excluding hydrogens is 182 g/mol. The molecule has 0 saturated heterocycles. The average molecular weight is 193 g/mol. The molecule has 2 heterocycles. The Morgan fingerprint density at radius 3 is 2.79 bits per heavy atom. The van der Waals surface area contributed by atoms with Gasteiger partial charge in [-0.05, 0) is 6.92 Å². The van der Waals surface area contributed by atoms with Gasteiger partial charge in [-0.3, -0.25) is 4.57 Å². The van der Waals surface area contributed by atoms with Crippen LogP contribution < -0.4 is 5.69 Å². The van der Waals surface area contributed by atoms with Gasteiger partial charge in [-0.25, -0.2) is 4.79 Å². The number of hydrogen-bond donors (Lipinski definition) is 0. The van der Waals surface area contributed by atoms with Crippen LogP contribution in [-0.2, 0) is 13.6 Å². The van der Waals surface area contributed by atoms with E-state index in [1.165, 1.54) is 4.57 Å². The molecule has 0 aliphatic carbocycles. The van der Waals surface area contributed by atoms with Crippen LogP contribution in [0.25, 0.3) is 0 Å². The molecule has 0 fully saturated rings. The summed E-state index contributed by atoms with van der Waals surface area (Å²) in [6.07, 6.45) is 3.45. The smallest absolute Gasteiger partial charge is 0.328 e. The van der Waals surface area contributed by atoms with E-state index < -0.39 is 0 Å². The van der Waals surface area contributed by atoms with E-state index >= 15 is 0 Å². The molecule has 14 heavy (non-hydrogen) atoms. The summed E-state index contributed by atoms with van der Waals surface area (Å²) in [5, 5.41) is 3.82. The second kappa shape index (κ2) is 3.17. The predicted molar refractivity (Wildman–Crippen MR) is 50.0 cm³/mol. The van der Waals surface area contributed by atoms with E-state index in [9.17, 15) is 4.79 Å². The minimum Gasteiger partial charge on any atom is -0.361 e. The van der Waals surface area contributed by atoms with Crippen molar-refractivity contribution in [2.45, 2.75) is 13.5 Å². The Balaban J connectivity index is 2.27. The lowest BCUT2D eigenvalue weighted by Gasteiger charge is -1.94. The van der Waals surface area contributed by atoms with E-state index in [0.29, 0.717) is 6.54 Å². The monoisotopic (exact) mass is 193 g/mol. The second-order valence-electron chi connectivity index (χ2n) is 3.25. The fourth-order valence-corrected chi connectivity index (χ4v) is 1.30. The highest BCUT2D eigenvalue weighted by Crippen LogP contribution is 2.02. The molecule has 0 aliphatic heterocycles. The van der Waals surface area contributed by atoms with Gasteiger partial charge < -0.3 is 9.09 Å². The molecule has 0 bridgehead atoms. The third-order valence-corrected chi connectivity index (χ3v) is 2.03. The van der Waals surface area contributed by atoms with Crippen LogP contribution in [0.5, 0.6) is 0 Å². The van der Waals surface area contributed by atoms with Crippen molar-refractivity contribution in [1.29, 1.82) is 0 Å². The molecule has 2 aromatic heterocycles. The van der Waals surface area contributed by atoms with Gasteiger partial charge in [0.15, 0.2) is 0 Å². The third-order valence-electron chi connectivity index (χ3n) is 2.03. The first kappa shape index (κ1) is 8.80. The highest BCUT2D eigenvalue weighted by Gasteiger charge is 2.04. The van der Waals surface area contributed by atoms with Crippen molar-refractivity contribution in [3.05, 3.63) is 40.4 Å². The van der Waals surface area contributed by atoms with E-state index in [4.69, 9.17) is 4.52 Å². The number of hydrogen-bond acceptors (Lipinski definition) is 3. The maximum atomic E-state index is 11.4. The summed E-state index contributed by atoms with van der Waals surface area (Å²) in [5.41, 5.74) is 0.710. The lowest BCUT2D eigenvalue weighted by molar-refractivity contribution is 0.388. The predicted octanol–water partition coefficient (Wildman–Crippen LogP) is 0.532. The molecule has 0 amide bonds. The number of rotatable bonds is 2. The number of aryl methyl sites for hydroxylation is 2. The van der Waals surface area contributed by atoms with Crippen LogP contribution in [0.2, 0.25) is 0 Å². The Kier molecular flexibility index (Phi) is 1.99. The van der Waals surface area contributed by atoms with E-state index in [-0.39, 0.29) is 5.69 Å². The van der Waals surface area contributed by atoms with Crippen LogP contribution >= 0.6 is 0 Å². The third kappa shape index (κ3) is 1.48. The van der Waals surface area contributed by atoms with Crippen molar-refractivity contribution in [3.8, 4) is 0 Å². The standard InChI is InChI=1S/C9H11N3O2/c1-7-5-8(10-14-7)6-12-4-3-11(2)9(12)13/h3-5H,6H2,1-2H3. The Hall–Kier alpha value is -1.78. The van der Waals surface area contributed by atoms with E-state index in [0.717, 1.165) is 11.5 Å². The zero-order valence-electron chi connectivity index (χ0n) is 8.10. The first-order chi connectivity index (χ1) is 6.66. The van der Waals surface area contributed by atoms with Crippen molar-refractivity contribution in [3.63, 3.8) is 0 Å². The Morgan fingerprint density at radius 2 is 2.29 bits per heavy atom. The zero-order valence-corrected chi connectivity index (χ0v) is 8.10. The van der Waals surface area contributed by atoms with Crippen LogP contribution in [0.1, 0.15) is 11.5 Å². The van der Waals surface area contributed by atoms with Crippen LogP contribution in [0.4, 0.5) is 0 Å². The van der Waals surface area contributed by atoms with Crippen LogP contribution in [-0.4, -0.2) is 14.3 Å². The van der Waals surface area contributed by atoms with Crippen LogP contribution in [0.15, 0.2) is 27.8 Å². The topological polar surface area (TPSA) is 53.0 Å². The lowest BCUT2D eigenvalue weighted by atomic mass is 10.4. The van der Waals surface area contributed by atoms with E-state index in [1.54, 1.807) is 24.0 Å². The molecule has 0 saturated carbocycles. The minimum absolute atomic E-state index is 0.0503. The minimum atomic E-state index is -0.0503. The fourth-order valence-electron chi connectivity index (χ4n) is 1.30.